The van der Waals surface area contributed by atoms with Crippen molar-refractivity contribution in [3.8, 4) is 0 Å². The minimum atomic E-state index is -2.75. The molecule has 0 radical (unpaired) electrons. The standard InChI is InChI=1S/C11H18F2/c1-5-8-9(6-2)10(7-3)11(4,12)13/h7H,3,5-6,8H2,1-2,4H3/b10-9-. The predicted octanol–water partition coefficient (Wildman–Crippen LogP) is 4.33. The average molecular weight is 188 g/mol. The summed E-state index contributed by atoms with van der Waals surface area (Å²) in [5.74, 6) is -2.75. The van der Waals surface area contributed by atoms with Crippen LogP contribution in [0.4, 0.5) is 8.78 Å². The van der Waals surface area contributed by atoms with Gasteiger partial charge >= 0.3 is 0 Å². The van der Waals surface area contributed by atoms with Gasteiger partial charge in [0.25, 0.3) is 5.92 Å². The fraction of sp³-hybridized carbons (Fsp3) is 0.636. The van der Waals surface area contributed by atoms with Crippen molar-refractivity contribution in [1.29, 1.82) is 0 Å². The summed E-state index contributed by atoms with van der Waals surface area (Å²) in [5, 5.41) is 0. The van der Waals surface area contributed by atoms with Gasteiger partial charge in [-0.15, -0.1) is 0 Å². The van der Waals surface area contributed by atoms with Crippen molar-refractivity contribution < 1.29 is 8.78 Å². The van der Waals surface area contributed by atoms with E-state index < -0.39 is 5.92 Å². The fourth-order valence-electron chi connectivity index (χ4n) is 1.44. The summed E-state index contributed by atoms with van der Waals surface area (Å²) in [7, 11) is 0. The molecule has 0 heterocycles. The molecule has 0 aliphatic carbocycles. The van der Waals surface area contributed by atoms with E-state index in [0.29, 0.717) is 6.42 Å². The van der Waals surface area contributed by atoms with Crippen LogP contribution in [0.5, 0.6) is 0 Å². The molecular weight excluding hydrogens is 170 g/mol. The molecule has 0 aliphatic heterocycles. The van der Waals surface area contributed by atoms with Gasteiger partial charge in [-0.2, -0.15) is 0 Å². The highest BCUT2D eigenvalue weighted by Crippen LogP contribution is 2.30. The van der Waals surface area contributed by atoms with Crippen molar-refractivity contribution in [1.82, 2.24) is 0 Å². The normalized spacial score (nSPS) is 13.9. The molecule has 0 saturated carbocycles. The molecule has 0 aromatic heterocycles. The van der Waals surface area contributed by atoms with Gasteiger partial charge in [-0.1, -0.05) is 38.5 Å². The van der Waals surface area contributed by atoms with Crippen molar-refractivity contribution in [2.45, 2.75) is 46.0 Å². The van der Waals surface area contributed by atoms with Crippen LogP contribution >= 0.6 is 0 Å². The fourth-order valence-corrected chi connectivity index (χ4v) is 1.44. The summed E-state index contributed by atoms with van der Waals surface area (Å²) in [6.07, 6.45) is 3.60. The molecule has 0 aromatic rings. The SMILES string of the molecule is C=C/C(=C(\CC)CCC)C(C)(F)F. The van der Waals surface area contributed by atoms with Crippen molar-refractivity contribution in [2.24, 2.45) is 0 Å². The highest BCUT2D eigenvalue weighted by molar-refractivity contribution is 5.30. The monoisotopic (exact) mass is 188 g/mol. The Labute approximate surface area is 79.3 Å². The lowest BCUT2D eigenvalue weighted by atomic mass is 9.97. The summed E-state index contributed by atoms with van der Waals surface area (Å²) in [4.78, 5) is 0. The van der Waals surface area contributed by atoms with Crippen molar-refractivity contribution >= 4 is 0 Å². The lowest BCUT2D eigenvalue weighted by Crippen LogP contribution is -2.14. The molecule has 2 heteroatoms. The van der Waals surface area contributed by atoms with Crippen LogP contribution < -0.4 is 0 Å². The summed E-state index contributed by atoms with van der Waals surface area (Å²) in [5.41, 5.74) is 0.932. The highest BCUT2D eigenvalue weighted by atomic mass is 19.3. The van der Waals surface area contributed by atoms with E-state index >= 15 is 0 Å². The van der Waals surface area contributed by atoms with Crippen LogP contribution in [0.1, 0.15) is 40.0 Å². The Bertz CT molecular complexity index is 197. The Morgan fingerprint density at radius 3 is 2.15 bits per heavy atom. The van der Waals surface area contributed by atoms with E-state index in [1.165, 1.54) is 6.08 Å². The van der Waals surface area contributed by atoms with Crippen molar-refractivity contribution in [2.75, 3.05) is 0 Å². The smallest absolute Gasteiger partial charge is 0.202 e. The Morgan fingerprint density at radius 1 is 1.38 bits per heavy atom. The quantitative estimate of drug-likeness (QED) is 0.563. The van der Waals surface area contributed by atoms with Crippen LogP contribution in [-0.4, -0.2) is 5.92 Å². The molecule has 0 aromatic carbocycles. The van der Waals surface area contributed by atoms with E-state index in [-0.39, 0.29) is 5.57 Å². The zero-order valence-corrected chi connectivity index (χ0v) is 8.66. The van der Waals surface area contributed by atoms with Crippen LogP contribution in [0.2, 0.25) is 0 Å². The van der Waals surface area contributed by atoms with Crippen molar-refractivity contribution in [3.05, 3.63) is 23.8 Å². The van der Waals surface area contributed by atoms with E-state index in [1.54, 1.807) is 0 Å². The van der Waals surface area contributed by atoms with Gasteiger partial charge in [-0.05, 0) is 12.8 Å². The molecule has 0 saturated heterocycles. The zero-order chi connectivity index (χ0) is 10.5. The first-order valence-electron chi connectivity index (χ1n) is 4.70. The summed E-state index contributed by atoms with van der Waals surface area (Å²) in [6.45, 7) is 8.26. The number of rotatable bonds is 5. The van der Waals surface area contributed by atoms with Gasteiger partial charge in [0, 0.05) is 12.5 Å². The van der Waals surface area contributed by atoms with E-state index in [2.05, 4.69) is 6.58 Å². The van der Waals surface area contributed by atoms with Gasteiger partial charge in [-0.25, -0.2) is 8.78 Å². The van der Waals surface area contributed by atoms with Gasteiger partial charge in [0.2, 0.25) is 0 Å². The van der Waals surface area contributed by atoms with Crippen LogP contribution in [0.3, 0.4) is 0 Å². The number of hydrogen-bond acceptors (Lipinski definition) is 0. The first-order valence-corrected chi connectivity index (χ1v) is 4.70. The molecule has 0 spiro atoms. The molecule has 13 heavy (non-hydrogen) atoms. The molecule has 0 atom stereocenters. The van der Waals surface area contributed by atoms with E-state index in [0.717, 1.165) is 25.3 Å². The Morgan fingerprint density at radius 2 is 1.92 bits per heavy atom. The van der Waals surface area contributed by atoms with E-state index in [9.17, 15) is 8.78 Å². The lowest BCUT2D eigenvalue weighted by Gasteiger charge is -2.16. The largest absolute Gasteiger partial charge is 0.270 e. The maximum absolute atomic E-state index is 13.0. The number of allylic oxidation sites excluding steroid dienone is 3. The van der Waals surface area contributed by atoms with Crippen LogP contribution in [0.15, 0.2) is 23.8 Å². The van der Waals surface area contributed by atoms with Crippen molar-refractivity contribution in [3.63, 3.8) is 0 Å². The molecule has 0 nitrogen and oxygen atoms in total. The molecule has 0 amide bonds. The Balaban J connectivity index is 4.93. The first kappa shape index (κ1) is 12.3. The van der Waals surface area contributed by atoms with Gasteiger partial charge < -0.3 is 0 Å². The maximum atomic E-state index is 13.0. The third kappa shape index (κ3) is 3.71. The molecule has 0 N–H and O–H groups in total. The lowest BCUT2D eigenvalue weighted by molar-refractivity contribution is 0.0659. The highest BCUT2D eigenvalue weighted by Gasteiger charge is 2.27. The third-order valence-electron chi connectivity index (χ3n) is 2.04. The molecule has 76 valence electrons. The predicted molar refractivity (Wildman–Crippen MR) is 53.0 cm³/mol. The summed E-state index contributed by atoms with van der Waals surface area (Å²) < 4.78 is 26.0. The molecule has 0 bridgehead atoms. The van der Waals surface area contributed by atoms with Gasteiger partial charge in [0.15, 0.2) is 0 Å². The average Bonchev–Trinajstić information content (AvgIpc) is 2.01. The third-order valence-corrected chi connectivity index (χ3v) is 2.04. The number of alkyl halides is 2. The Hall–Kier alpha value is -0.660. The minimum absolute atomic E-state index is 0.108. The molecule has 0 fully saturated rings. The Kier molecular flexibility index (Phi) is 4.89. The number of hydrogen-bond donors (Lipinski definition) is 0. The molecule has 0 unspecified atom stereocenters. The number of halogens is 2. The summed E-state index contributed by atoms with van der Waals surface area (Å²) >= 11 is 0. The second-order valence-corrected chi connectivity index (χ2v) is 3.21. The van der Waals surface area contributed by atoms with Crippen LogP contribution in [0, 0.1) is 0 Å². The zero-order valence-electron chi connectivity index (χ0n) is 8.66. The topological polar surface area (TPSA) is 0 Å². The van der Waals surface area contributed by atoms with Gasteiger partial charge in [-0.3, -0.25) is 0 Å². The molecular formula is C11H18F2. The van der Waals surface area contributed by atoms with E-state index in [4.69, 9.17) is 0 Å². The first-order chi connectivity index (χ1) is 5.97. The van der Waals surface area contributed by atoms with Gasteiger partial charge in [0.05, 0.1) is 0 Å². The minimum Gasteiger partial charge on any atom is -0.202 e. The van der Waals surface area contributed by atoms with Crippen LogP contribution in [-0.2, 0) is 0 Å². The van der Waals surface area contributed by atoms with Gasteiger partial charge in [0.1, 0.15) is 0 Å². The summed E-state index contributed by atoms with van der Waals surface area (Å²) in [6, 6.07) is 0. The second-order valence-electron chi connectivity index (χ2n) is 3.21. The molecule has 0 aliphatic rings. The van der Waals surface area contributed by atoms with E-state index in [1.807, 2.05) is 13.8 Å². The second kappa shape index (κ2) is 5.15. The van der Waals surface area contributed by atoms with Crippen LogP contribution in [0.25, 0.3) is 0 Å². The molecule has 0 rings (SSSR count). The maximum Gasteiger partial charge on any atom is 0.270 e.